The number of hydrogen-bond donors (Lipinski definition) is 0. The average Bonchev–Trinajstić information content (AvgIpc) is 3.68. The fourth-order valence-electron chi connectivity index (χ4n) is 3.65. The van der Waals surface area contributed by atoms with Gasteiger partial charge in [-0.05, 0) is 12.1 Å². The van der Waals surface area contributed by atoms with Crippen molar-refractivity contribution in [3.63, 3.8) is 0 Å². The van der Waals surface area contributed by atoms with Crippen molar-refractivity contribution in [3.8, 4) is 11.5 Å². The SMILES string of the molecule is c1ccc(C(OCC2CO2)(OCC2CO2)c2cccc(OCC3CO3)c2OCC2CO2)cc1. The number of hydrogen-bond acceptors (Lipinski definition) is 8. The lowest BCUT2D eigenvalue weighted by Gasteiger charge is -2.36. The van der Waals surface area contributed by atoms with Gasteiger partial charge in [-0.3, -0.25) is 0 Å². The largest absolute Gasteiger partial charge is 0.487 e. The number of rotatable bonds is 14. The Morgan fingerprint density at radius 3 is 1.76 bits per heavy atom. The van der Waals surface area contributed by atoms with E-state index in [1.807, 2.05) is 48.5 Å². The van der Waals surface area contributed by atoms with Gasteiger partial charge in [-0.1, -0.05) is 36.4 Å². The van der Waals surface area contributed by atoms with Crippen LogP contribution >= 0.6 is 0 Å². The lowest BCUT2D eigenvalue weighted by molar-refractivity contribution is -0.222. The van der Waals surface area contributed by atoms with E-state index < -0.39 is 5.79 Å². The normalized spacial score (nSPS) is 28.6. The zero-order valence-electron chi connectivity index (χ0n) is 18.4. The third-order valence-corrected chi connectivity index (χ3v) is 5.88. The molecule has 0 radical (unpaired) electrons. The molecule has 4 aliphatic rings. The molecule has 2 aromatic carbocycles. The molecule has 0 saturated carbocycles. The molecule has 0 amide bonds. The molecule has 8 heteroatoms. The molecular weight excluding hydrogens is 428 g/mol. The first-order valence-electron chi connectivity index (χ1n) is 11.5. The summed E-state index contributed by atoms with van der Waals surface area (Å²) in [5, 5.41) is 0. The van der Waals surface area contributed by atoms with Crippen molar-refractivity contribution in [1.29, 1.82) is 0 Å². The van der Waals surface area contributed by atoms with E-state index in [0.29, 0.717) is 57.7 Å². The predicted molar refractivity (Wildman–Crippen MR) is 116 cm³/mol. The van der Waals surface area contributed by atoms with Crippen molar-refractivity contribution in [2.45, 2.75) is 30.2 Å². The van der Waals surface area contributed by atoms with E-state index in [1.165, 1.54) is 0 Å². The monoisotopic (exact) mass is 456 g/mol. The number of epoxide rings is 4. The molecule has 4 aliphatic heterocycles. The van der Waals surface area contributed by atoms with E-state index in [-0.39, 0.29) is 24.4 Å². The number of benzene rings is 2. The summed E-state index contributed by atoms with van der Waals surface area (Å²) in [6, 6.07) is 15.7. The Bertz CT molecular complexity index is 919. The van der Waals surface area contributed by atoms with Crippen molar-refractivity contribution >= 4 is 0 Å². The van der Waals surface area contributed by atoms with Crippen LogP contribution in [0.5, 0.6) is 11.5 Å². The molecule has 0 spiro atoms. The lowest BCUT2D eigenvalue weighted by atomic mass is 9.95. The summed E-state index contributed by atoms with van der Waals surface area (Å²) in [5.74, 6) is 0.00128. The van der Waals surface area contributed by atoms with Gasteiger partial charge in [0.2, 0.25) is 5.79 Å². The average molecular weight is 456 g/mol. The van der Waals surface area contributed by atoms with Crippen molar-refractivity contribution in [2.24, 2.45) is 0 Å². The fraction of sp³-hybridized carbons (Fsp3) is 0.520. The Hall–Kier alpha value is -2.20. The van der Waals surface area contributed by atoms with Crippen molar-refractivity contribution in [3.05, 3.63) is 59.7 Å². The standard InChI is InChI=1S/C25H28O8/c1-2-5-17(6-3-1)25(32-15-20-11-28-20,33-16-21-12-29-21)22-7-4-8-23(30-13-18-9-26-18)24(22)31-14-19-10-27-19/h1-8,18-21H,9-16H2. The lowest BCUT2D eigenvalue weighted by Crippen LogP contribution is -2.38. The van der Waals surface area contributed by atoms with E-state index in [9.17, 15) is 0 Å². The van der Waals surface area contributed by atoms with Crippen molar-refractivity contribution in [2.75, 3.05) is 52.9 Å². The quantitative estimate of drug-likeness (QED) is 0.316. The Morgan fingerprint density at radius 2 is 1.18 bits per heavy atom. The van der Waals surface area contributed by atoms with Gasteiger partial charge in [-0.25, -0.2) is 0 Å². The number of para-hydroxylation sites is 1. The highest BCUT2D eigenvalue weighted by Crippen LogP contribution is 2.45. The summed E-state index contributed by atoms with van der Waals surface area (Å²) in [6.45, 7) is 4.46. The molecule has 0 bridgehead atoms. The van der Waals surface area contributed by atoms with Crippen LogP contribution in [-0.2, 0) is 34.2 Å². The van der Waals surface area contributed by atoms with Gasteiger partial charge in [0, 0.05) is 5.56 Å². The summed E-state index contributed by atoms with van der Waals surface area (Å²) in [7, 11) is 0. The maximum Gasteiger partial charge on any atom is 0.226 e. The molecule has 176 valence electrons. The molecular formula is C25H28O8. The van der Waals surface area contributed by atoms with Crippen LogP contribution in [-0.4, -0.2) is 77.3 Å². The highest BCUT2D eigenvalue weighted by Gasteiger charge is 2.44. The maximum atomic E-state index is 6.57. The second kappa shape index (κ2) is 9.21. The molecule has 2 aromatic rings. The molecule has 0 aromatic heterocycles. The van der Waals surface area contributed by atoms with E-state index in [2.05, 4.69) is 0 Å². The van der Waals surface area contributed by atoms with Crippen LogP contribution in [0, 0.1) is 0 Å². The first-order chi connectivity index (χ1) is 16.3. The summed E-state index contributed by atoms with van der Waals surface area (Å²) in [6.07, 6.45) is 0.332. The molecule has 0 N–H and O–H groups in total. The summed E-state index contributed by atoms with van der Waals surface area (Å²) in [4.78, 5) is 0. The minimum atomic E-state index is -1.21. The van der Waals surface area contributed by atoms with Crippen LogP contribution in [0.1, 0.15) is 11.1 Å². The molecule has 33 heavy (non-hydrogen) atoms. The first kappa shape index (κ1) is 21.3. The van der Waals surface area contributed by atoms with E-state index in [4.69, 9.17) is 37.9 Å². The Labute approximate surface area is 192 Å². The van der Waals surface area contributed by atoms with Gasteiger partial charge in [0.25, 0.3) is 0 Å². The highest BCUT2D eigenvalue weighted by atomic mass is 16.7. The predicted octanol–water partition coefficient (Wildman–Crippen LogP) is 2.27. The van der Waals surface area contributed by atoms with Gasteiger partial charge in [0.05, 0.1) is 45.2 Å². The molecule has 6 rings (SSSR count). The summed E-state index contributed by atoms with van der Waals surface area (Å²) >= 11 is 0. The topological polar surface area (TPSA) is 87.0 Å². The molecule has 8 nitrogen and oxygen atoms in total. The van der Waals surface area contributed by atoms with Crippen LogP contribution in [0.25, 0.3) is 0 Å². The van der Waals surface area contributed by atoms with E-state index in [1.54, 1.807) is 0 Å². The smallest absolute Gasteiger partial charge is 0.226 e. The Morgan fingerprint density at radius 1 is 0.636 bits per heavy atom. The highest BCUT2D eigenvalue weighted by molar-refractivity contribution is 5.52. The zero-order valence-corrected chi connectivity index (χ0v) is 18.4. The molecule has 4 heterocycles. The van der Waals surface area contributed by atoms with Crippen LogP contribution < -0.4 is 9.47 Å². The van der Waals surface area contributed by atoms with Gasteiger partial charge in [0.1, 0.15) is 37.6 Å². The maximum absolute atomic E-state index is 6.57. The third kappa shape index (κ3) is 5.32. The third-order valence-electron chi connectivity index (χ3n) is 5.88. The summed E-state index contributed by atoms with van der Waals surface area (Å²) in [5.41, 5.74) is 1.60. The van der Waals surface area contributed by atoms with Gasteiger partial charge in [-0.15, -0.1) is 0 Å². The van der Waals surface area contributed by atoms with Gasteiger partial charge in [0.15, 0.2) is 11.5 Å². The van der Waals surface area contributed by atoms with Gasteiger partial charge in [-0.2, -0.15) is 0 Å². The van der Waals surface area contributed by atoms with Crippen LogP contribution in [0.2, 0.25) is 0 Å². The molecule has 0 aliphatic carbocycles. The summed E-state index contributed by atoms with van der Waals surface area (Å²) < 4.78 is 47.1. The second-order valence-electron chi connectivity index (χ2n) is 8.68. The van der Waals surface area contributed by atoms with Crippen LogP contribution in [0.3, 0.4) is 0 Å². The molecule has 4 atom stereocenters. The molecule has 4 fully saturated rings. The second-order valence-corrected chi connectivity index (χ2v) is 8.68. The minimum absolute atomic E-state index is 0.0598. The van der Waals surface area contributed by atoms with Crippen LogP contribution in [0.15, 0.2) is 48.5 Å². The first-order valence-corrected chi connectivity index (χ1v) is 11.5. The number of ether oxygens (including phenoxy) is 8. The molecule has 4 saturated heterocycles. The minimum Gasteiger partial charge on any atom is -0.487 e. The fourth-order valence-corrected chi connectivity index (χ4v) is 3.65. The van der Waals surface area contributed by atoms with Crippen molar-refractivity contribution in [1.82, 2.24) is 0 Å². The van der Waals surface area contributed by atoms with E-state index in [0.717, 1.165) is 17.7 Å². The van der Waals surface area contributed by atoms with Gasteiger partial charge < -0.3 is 37.9 Å². The zero-order chi connectivity index (χ0) is 22.1. The van der Waals surface area contributed by atoms with Crippen LogP contribution in [0.4, 0.5) is 0 Å². The van der Waals surface area contributed by atoms with Gasteiger partial charge >= 0.3 is 0 Å². The molecule has 4 unspecified atom stereocenters. The Kier molecular flexibility index (Phi) is 5.96. The van der Waals surface area contributed by atoms with Crippen molar-refractivity contribution < 1.29 is 37.9 Å². The van der Waals surface area contributed by atoms with E-state index >= 15 is 0 Å². The Balaban J connectivity index is 1.40.